The molecule has 0 spiro atoms. The van der Waals surface area contributed by atoms with Crippen molar-refractivity contribution < 1.29 is 9.18 Å². The number of piperazine rings is 1. The summed E-state index contributed by atoms with van der Waals surface area (Å²) in [6.07, 6.45) is 3.33. The summed E-state index contributed by atoms with van der Waals surface area (Å²) < 4.78 is 13.6. The average Bonchev–Trinajstić information content (AvgIpc) is 2.54. The van der Waals surface area contributed by atoms with Crippen molar-refractivity contribution >= 4 is 11.6 Å². The lowest BCUT2D eigenvalue weighted by Crippen LogP contribution is -2.45. The largest absolute Gasteiger partial charge is 0.369 e. The molecule has 0 atom stereocenters. The molecule has 1 heterocycles. The van der Waals surface area contributed by atoms with E-state index in [0.717, 1.165) is 37.4 Å². The van der Waals surface area contributed by atoms with E-state index >= 15 is 0 Å². The Labute approximate surface area is 143 Å². The lowest BCUT2D eigenvalue weighted by atomic mass is 10.1. The van der Waals surface area contributed by atoms with Crippen molar-refractivity contribution in [1.29, 1.82) is 0 Å². The summed E-state index contributed by atoms with van der Waals surface area (Å²) in [4.78, 5) is 18.4. The molecular weight excluding hydrogens is 307 g/mol. The highest BCUT2D eigenvalue weighted by molar-refractivity contribution is 5.87. The van der Waals surface area contributed by atoms with Crippen molar-refractivity contribution in [3.63, 3.8) is 0 Å². The highest BCUT2D eigenvalue weighted by atomic mass is 19.1. The summed E-state index contributed by atoms with van der Waals surface area (Å²) in [5, 5.41) is 2.84. The minimum atomic E-state index is -0.278. The zero-order chi connectivity index (χ0) is 17.5. The van der Waals surface area contributed by atoms with Crippen molar-refractivity contribution in [3.8, 4) is 0 Å². The lowest BCUT2D eigenvalue weighted by Gasteiger charge is -2.35. The summed E-state index contributed by atoms with van der Waals surface area (Å²) in [7, 11) is 5.98. The maximum absolute atomic E-state index is 13.6. The maximum Gasteiger partial charge on any atom is 0.243 e. The maximum atomic E-state index is 13.6. The SMILES string of the molecule is CN(C)C/C=C/C(=O)NCc1cc(F)ccc1N1CCN(C)CC1. The number of halogens is 1. The first-order valence-corrected chi connectivity index (χ1v) is 8.26. The molecular formula is C18H27FN4O. The van der Waals surface area contributed by atoms with Crippen LogP contribution in [0.2, 0.25) is 0 Å². The Bertz CT molecular complexity index is 580. The van der Waals surface area contributed by atoms with E-state index in [9.17, 15) is 9.18 Å². The van der Waals surface area contributed by atoms with Crippen LogP contribution in [0.5, 0.6) is 0 Å². The number of anilines is 1. The van der Waals surface area contributed by atoms with Gasteiger partial charge in [0.2, 0.25) is 5.91 Å². The minimum absolute atomic E-state index is 0.162. The predicted octanol–water partition coefficient (Wildman–Crippen LogP) is 1.31. The zero-order valence-corrected chi connectivity index (χ0v) is 14.8. The Morgan fingerprint density at radius 2 is 2.00 bits per heavy atom. The second-order valence-electron chi connectivity index (χ2n) is 6.45. The Morgan fingerprint density at radius 3 is 2.67 bits per heavy atom. The second-order valence-corrected chi connectivity index (χ2v) is 6.45. The molecule has 0 aliphatic carbocycles. The van der Waals surface area contributed by atoms with Gasteiger partial charge in [0.05, 0.1) is 0 Å². The fourth-order valence-corrected chi connectivity index (χ4v) is 2.66. The summed E-state index contributed by atoms with van der Waals surface area (Å²) >= 11 is 0. The van der Waals surface area contributed by atoms with Crippen LogP contribution in [-0.4, -0.2) is 69.6 Å². The third kappa shape index (κ3) is 5.62. The van der Waals surface area contributed by atoms with Gasteiger partial charge >= 0.3 is 0 Å². The summed E-state index contributed by atoms with van der Waals surface area (Å²) in [6.45, 7) is 4.81. The number of hydrogen-bond donors (Lipinski definition) is 1. The molecule has 0 bridgehead atoms. The fraction of sp³-hybridized carbons (Fsp3) is 0.500. The molecule has 1 aliphatic rings. The molecule has 0 saturated carbocycles. The van der Waals surface area contributed by atoms with E-state index in [4.69, 9.17) is 0 Å². The van der Waals surface area contributed by atoms with Crippen molar-refractivity contribution in [2.75, 3.05) is 58.8 Å². The molecule has 1 saturated heterocycles. The molecule has 24 heavy (non-hydrogen) atoms. The Morgan fingerprint density at radius 1 is 1.29 bits per heavy atom. The topological polar surface area (TPSA) is 38.8 Å². The van der Waals surface area contributed by atoms with Crippen LogP contribution >= 0.6 is 0 Å². The van der Waals surface area contributed by atoms with E-state index in [0.29, 0.717) is 13.1 Å². The van der Waals surface area contributed by atoms with Crippen LogP contribution in [0, 0.1) is 5.82 Å². The van der Waals surface area contributed by atoms with Gasteiger partial charge in [-0.2, -0.15) is 0 Å². The molecule has 1 aromatic rings. The van der Waals surface area contributed by atoms with Crippen LogP contribution in [0.3, 0.4) is 0 Å². The molecule has 0 unspecified atom stereocenters. The molecule has 5 nitrogen and oxygen atoms in total. The number of carbonyl (C=O) groups is 1. The number of nitrogens with one attached hydrogen (secondary N) is 1. The van der Waals surface area contributed by atoms with E-state index in [1.54, 1.807) is 0 Å². The normalized spacial score (nSPS) is 16.1. The Balaban J connectivity index is 2.00. The van der Waals surface area contributed by atoms with Gasteiger partial charge in [-0.15, -0.1) is 0 Å². The Kier molecular flexibility index (Phi) is 6.75. The Hall–Kier alpha value is -1.92. The minimum Gasteiger partial charge on any atom is -0.369 e. The number of likely N-dealkylation sites (N-methyl/N-ethyl adjacent to an activating group) is 2. The summed E-state index contributed by atoms with van der Waals surface area (Å²) in [5.41, 5.74) is 1.82. The van der Waals surface area contributed by atoms with Gasteiger partial charge in [-0.3, -0.25) is 4.79 Å². The summed E-state index contributed by atoms with van der Waals surface area (Å²) in [5.74, 6) is -0.439. The molecule has 0 aromatic heterocycles. The van der Waals surface area contributed by atoms with Gasteiger partial charge in [-0.25, -0.2) is 4.39 Å². The third-order valence-electron chi connectivity index (χ3n) is 4.08. The van der Waals surface area contributed by atoms with Crippen molar-refractivity contribution in [3.05, 3.63) is 41.7 Å². The zero-order valence-electron chi connectivity index (χ0n) is 14.8. The van der Waals surface area contributed by atoms with Crippen LogP contribution in [0.1, 0.15) is 5.56 Å². The number of benzene rings is 1. The van der Waals surface area contributed by atoms with Crippen LogP contribution in [-0.2, 0) is 11.3 Å². The first kappa shape index (κ1) is 18.4. The van der Waals surface area contributed by atoms with Gasteiger partial charge < -0.3 is 20.0 Å². The van der Waals surface area contributed by atoms with Crippen molar-refractivity contribution in [1.82, 2.24) is 15.1 Å². The lowest BCUT2D eigenvalue weighted by molar-refractivity contribution is -0.116. The standard InChI is InChI=1S/C18H27FN4O/c1-21(2)8-4-5-18(24)20-14-15-13-16(19)6-7-17(15)23-11-9-22(3)10-12-23/h4-7,13H,8-12,14H2,1-3H3,(H,20,24)/b5-4+. The molecule has 1 aliphatic heterocycles. The highest BCUT2D eigenvalue weighted by Gasteiger charge is 2.17. The molecule has 6 heteroatoms. The van der Waals surface area contributed by atoms with Crippen LogP contribution < -0.4 is 10.2 Å². The molecule has 1 fully saturated rings. The average molecular weight is 334 g/mol. The molecule has 2 rings (SSSR count). The van der Waals surface area contributed by atoms with E-state index < -0.39 is 0 Å². The first-order chi connectivity index (χ1) is 11.5. The number of carbonyl (C=O) groups excluding carboxylic acids is 1. The number of hydrogen-bond acceptors (Lipinski definition) is 4. The first-order valence-electron chi connectivity index (χ1n) is 8.26. The van der Waals surface area contributed by atoms with Crippen LogP contribution in [0.25, 0.3) is 0 Å². The second kappa shape index (κ2) is 8.80. The number of amides is 1. The van der Waals surface area contributed by atoms with Crippen LogP contribution in [0.15, 0.2) is 30.4 Å². The van der Waals surface area contributed by atoms with Gasteiger partial charge in [0.15, 0.2) is 0 Å². The quantitative estimate of drug-likeness (QED) is 0.796. The number of rotatable bonds is 6. The van der Waals surface area contributed by atoms with E-state index in [1.807, 2.05) is 31.1 Å². The van der Waals surface area contributed by atoms with Crippen molar-refractivity contribution in [2.45, 2.75) is 6.54 Å². The smallest absolute Gasteiger partial charge is 0.243 e. The number of nitrogens with zero attached hydrogens (tertiary/aromatic N) is 3. The summed E-state index contributed by atoms with van der Waals surface area (Å²) in [6, 6.07) is 4.80. The molecule has 1 amide bonds. The van der Waals surface area contributed by atoms with Crippen molar-refractivity contribution in [2.24, 2.45) is 0 Å². The van der Waals surface area contributed by atoms with Gasteiger partial charge in [0, 0.05) is 51.0 Å². The predicted molar refractivity (Wildman–Crippen MR) is 95.7 cm³/mol. The monoisotopic (exact) mass is 334 g/mol. The van der Waals surface area contributed by atoms with E-state index in [2.05, 4.69) is 22.2 Å². The van der Waals surface area contributed by atoms with Crippen LogP contribution in [0.4, 0.5) is 10.1 Å². The molecule has 1 N–H and O–H groups in total. The van der Waals surface area contributed by atoms with E-state index in [-0.39, 0.29) is 11.7 Å². The fourth-order valence-electron chi connectivity index (χ4n) is 2.66. The molecule has 132 valence electrons. The van der Waals surface area contributed by atoms with Gasteiger partial charge in [-0.05, 0) is 44.9 Å². The highest BCUT2D eigenvalue weighted by Crippen LogP contribution is 2.23. The molecule has 1 aromatic carbocycles. The van der Waals surface area contributed by atoms with Gasteiger partial charge in [0.1, 0.15) is 5.82 Å². The third-order valence-corrected chi connectivity index (χ3v) is 4.08. The van der Waals surface area contributed by atoms with Gasteiger partial charge in [0.25, 0.3) is 0 Å². The van der Waals surface area contributed by atoms with E-state index in [1.165, 1.54) is 18.2 Å². The van der Waals surface area contributed by atoms with Gasteiger partial charge in [-0.1, -0.05) is 6.08 Å². The molecule has 0 radical (unpaired) electrons.